The first-order valence-electron chi connectivity index (χ1n) is 7.45. The summed E-state index contributed by atoms with van der Waals surface area (Å²) >= 11 is 0. The van der Waals surface area contributed by atoms with E-state index in [9.17, 15) is 0 Å². The lowest BCUT2D eigenvalue weighted by atomic mass is 9.81. The van der Waals surface area contributed by atoms with Gasteiger partial charge in [-0.1, -0.05) is 51.1 Å². The van der Waals surface area contributed by atoms with Gasteiger partial charge in [-0.3, -0.25) is 4.90 Å². The molecule has 2 atom stereocenters. The molecule has 106 valence electrons. The van der Waals surface area contributed by atoms with Crippen molar-refractivity contribution in [2.24, 2.45) is 11.1 Å². The number of hydrogen-bond donors (Lipinski definition) is 1. The third kappa shape index (κ3) is 3.80. The number of benzene rings is 1. The molecule has 2 nitrogen and oxygen atoms in total. The van der Waals surface area contributed by atoms with Gasteiger partial charge in [0, 0.05) is 24.7 Å². The Morgan fingerprint density at radius 3 is 2.21 bits per heavy atom. The highest BCUT2D eigenvalue weighted by molar-refractivity contribution is 5.15. The molecule has 1 aromatic carbocycles. The molecule has 0 radical (unpaired) electrons. The first-order chi connectivity index (χ1) is 8.89. The zero-order chi connectivity index (χ0) is 14.0. The van der Waals surface area contributed by atoms with Gasteiger partial charge in [-0.15, -0.1) is 0 Å². The summed E-state index contributed by atoms with van der Waals surface area (Å²) in [6.45, 7) is 10.1. The highest BCUT2D eigenvalue weighted by atomic mass is 15.2. The molecule has 0 aromatic heterocycles. The van der Waals surface area contributed by atoms with Crippen LogP contribution >= 0.6 is 0 Å². The van der Waals surface area contributed by atoms with Crippen LogP contribution in [0.15, 0.2) is 30.3 Å². The Morgan fingerprint density at radius 2 is 1.79 bits per heavy atom. The Labute approximate surface area is 118 Å². The van der Waals surface area contributed by atoms with Crippen LogP contribution in [0.2, 0.25) is 0 Å². The van der Waals surface area contributed by atoms with Gasteiger partial charge in [0.05, 0.1) is 0 Å². The van der Waals surface area contributed by atoms with Crippen molar-refractivity contribution in [2.75, 3.05) is 0 Å². The lowest BCUT2D eigenvalue weighted by Crippen LogP contribution is -2.54. The zero-order valence-corrected chi connectivity index (χ0v) is 12.8. The lowest BCUT2D eigenvalue weighted by molar-refractivity contribution is 0.0676. The molecule has 1 aliphatic carbocycles. The van der Waals surface area contributed by atoms with Crippen molar-refractivity contribution in [3.63, 3.8) is 0 Å². The van der Waals surface area contributed by atoms with Crippen molar-refractivity contribution >= 4 is 0 Å². The third-order valence-corrected chi connectivity index (χ3v) is 3.97. The number of nitrogens with two attached hydrogens (primary N) is 1. The predicted molar refractivity (Wildman–Crippen MR) is 81.9 cm³/mol. The topological polar surface area (TPSA) is 29.3 Å². The van der Waals surface area contributed by atoms with Gasteiger partial charge >= 0.3 is 0 Å². The minimum Gasteiger partial charge on any atom is -0.327 e. The van der Waals surface area contributed by atoms with Crippen LogP contribution in [-0.4, -0.2) is 23.0 Å². The van der Waals surface area contributed by atoms with Crippen LogP contribution in [0, 0.1) is 5.41 Å². The summed E-state index contributed by atoms with van der Waals surface area (Å²) in [6.07, 6.45) is 2.65. The van der Waals surface area contributed by atoms with E-state index in [2.05, 4.69) is 62.9 Å². The van der Waals surface area contributed by atoms with Gasteiger partial charge in [-0.2, -0.15) is 0 Å². The molecule has 1 aliphatic rings. The van der Waals surface area contributed by atoms with E-state index in [4.69, 9.17) is 5.73 Å². The van der Waals surface area contributed by atoms with E-state index in [0.29, 0.717) is 6.04 Å². The molecule has 2 unspecified atom stereocenters. The summed E-state index contributed by atoms with van der Waals surface area (Å²) in [4.78, 5) is 2.64. The van der Waals surface area contributed by atoms with Crippen LogP contribution in [-0.2, 0) is 6.54 Å². The molecule has 2 rings (SSSR count). The zero-order valence-electron chi connectivity index (χ0n) is 12.8. The van der Waals surface area contributed by atoms with Crippen LogP contribution in [0.3, 0.4) is 0 Å². The Bertz CT molecular complexity index is 387. The quantitative estimate of drug-likeness (QED) is 0.879. The van der Waals surface area contributed by atoms with Crippen molar-refractivity contribution in [2.45, 2.75) is 65.2 Å². The maximum Gasteiger partial charge on any atom is 0.0299 e. The first-order valence-corrected chi connectivity index (χ1v) is 7.45. The second-order valence-electron chi connectivity index (χ2n) is 7.06. The molecular weight excluding hydrogens is 232 g/mol. The Hall–Kier alpha value is -0.860. The molecule has 2 heteroatoms. The Morgan fingerprint density at radius 1 is 1.21 bits per heavy atom. The molecule has 19 heavy (non-hydrogen) atoms. The molecule has 1 aromatic rings. The van der Waals surface area contributed by atoms with Crippen LogP contribution < -0.4 is 5.73 Å². The van der Waals surface area contributed by atoms with Gasteiger partial charge in [0.1, 0.15) is 0 Å². The molecule has 0 amide bonds. The van der Waals surface area contributed by atoms with E-state index in [1.807, 2.05) is 0 Å². The van der Waals surface area contributed by atoms with Gasteiger partial charge < -0.3 is 5.73 Å². The summed E-state index contributed by atoms with van der Waals surface area (Å²) in [5.41, 5.74) is 7.91. The van der Waals surface area contributed by atoms with E-state index in [1.165, 1.54) is 18.4 Å². The van der Waals surface area contributed by atoms with Crippen molar-refractivity contribution in [1.82, 2.24) is 4.90 Å². The van der Waals surface area contributed by atoms with E-state index in [-0.39, 0.29) is 11.5 Å². The van der Waals surface area contributed by atoms with E-state index < -0.39 is 0 Å². The molecule has 0 saturated heterocycles. The minimum atomic E-state index is 0.198. The smallest absolute Gasteiger partial charge is 0.0299 e. The van der Waals surface area contributed by atoms with E-state index in [1.54, 1.807) is 0 Å². The second-order valence-corrected chi connectivity index (χ2v) is 7.06. The summed E-state index contributed by atoms with van der Waals surface area (Å²) in [5, 5.41) is 0. The Balaban J connectivity index is 2.19. The fraction of sp³-hybridized carbons (Fsp3) is 0.647. The number of rotatable bonds is 5. The van der Waals surface area contributed by atoms with Crippen LogP contribution in [0.4, 0.5) is 0 Å². The molecule has 0 aliphatic heterocycles. The van der Waals surface area contributed by atoms with Crippen molar-refractivity contribution in [1.29, 1.82) is 0 Å². The summed E-state index contributed by atoms with van der Waals surface area (Å²) in [5.74, 6) is 0. The summed E-state index contributed by atoms with van der Waals surface area (Å²) in [7, 11) is 0. The predicted octanol–water partition coefficient (Wildman–Crippen LogP) is 3.41. The number of hydrogen-bond acceptors (Lipinski definition) is 2. The standard InChI is InChI=1S/C17H28N2/c1-13(18)16(17(2,3)4)19(15-10-11-15)12-14-8-6-5-7-9-14/h5-9,13,15-16H,10-12,18H2,1-4H3. The molecule has 0 bridgehead atoms. The highest BCUT2D eigenvalue weighted by Crippen LogP contribution is 2.36. The van der Waals surface area contributed by atoms with Crippen LogP contribution in [0.5, 0.6) is 0 Å². The molecule has 1 fully saturated rings. The lowest BCUT2D eigenvalue weighted by Gasteiger charge is -2.43. The number of nitrogens with zero attached hydrogens (tertiary/aromatic N) is 1. The van der Waals surface area contributed by atoms with Gasteiger partial charge in [0.25, 0.3) is 0 Å². The molecule has 1 saturated carbocycles. The van der Waals surface area contributed by atoms with Gasteiger partial charge in [-0.05, 0) is 30.7 Å². The van der Waals surface area contributed by atoms with Crippen molar-refractivity contribution in [3.05, 3.63) is 35.9 Å². The molecule has 0 heterocycles. The van der Waals surface area contributed by atoms with Crippen LogP contribution in [0.25, 0.3) is 0 Å². The van der Waals surface area contributed by atoms with Gasteiger partial charge in [0.15, 0.2) is 0 Å². The minimum absolute atomic E-state index is 0.198. The van der Waals surface area contributed by atoms with Gasteiger partial charge in [0.2, 0.25) is 0 Å². The van der Waals surface area contributed by atoms with Crippen molar-refractivity contribution in [3.8, 4) is 0 Å². The summed E-state index contributed by atoms with van der Waals surface area (Å²) < 4.78 is 0. The largest absolute Gasteiger partial charge is 0.327 e. The SMILES string of the molecule is CC(N)C(N(Cc1ccccc1)C1CC1)C(C)(C)C. The fourth-order valence-corrected chi connectivity index (χ4v) is 3.24. The highest BCUT2D eigenvalue weighted by Gasteiger charge is 2.40. The maximum absolute atomic E-state index is 6.30. The van der Waals surface area contributed by atoms with Crippen molar-refractivity contribution < 1.29 is 0 Å². The second kappa shape index (κ2) is 5.64. The summed E-state index contributed by atoms with van der Waals surface area (Å²) in [6, 6.07) is 12.1. The maximum atomic E-state index is 6.30. The normalized spacial score (nSPS) is 19.5. The monoisotopic (exact) mass is 260 g/mol. The third-order valence-electron chi connectivity index (χ3n) is 3.97. The van der Waals surface area contributed by atoms with E-state index in [0.717, 1.165) is 12.6 Å². The average molecular weight is 260 g/mol. The molecule has 2 N–H and O–H groups in total. The van der Waals surface area contributed by atoms with Crippen LogP contribution in [0.1, 0.15) is 46.1 Å². The first kappa shape index (κ1) is 14.5. The fourth-order valence-electron chi connectivity index (χ4n) is 3.24. The molecular formula is C17H28N2. The molecule has 0 spiro atoms. The van der Waals surface area contributed by atoms with E-state index >= 15 is 0 Å². The Kier molecular flexibility index (Phi) is 4.32. The van der Waals surface area contributed by atoms with Gasteiger partial charge in [-0.25, -0.2) is 0 Å². The average Bonchev–Trinajstić information content (AvgIpc) is 3.10.